The van der Waals surface area contributed by atoms with Gasteiger partial charge in [-0.2, -0.15) is 0 Å². The molecule has 0 bridgehead atoms. The molecule has 0 fully saturated rings. The summed E-state index contributed by atoms with van der Waals surface area (Å²) in [6.45, 7) is 7.60. The van der Waals surface area contributed by atoms with Gasteiger partial charge in [0, 0.05) is 11.1 Å². The standard InChI is InChI=1S/C21H21ClN3O4/c1-11(26)17-19(27)15-9-14(25(28)29)10-16(22)18(15)24-20(17)23-13-7-5-12(6-8-13)21(2,3)4/h5-10,28H,1-4H3,(H2,23,24,27)/q-1. The topological polar surface area (TPSA) is 108 Å². The van der Waals surface area contributed by atoms with Crippen molar-refractivity contribution in [1.29, 1.82) is 0 Å². The third-order valence-electron chi connectivity index (χ3n) is 4.64. The highest BCUT2D eigenvalue weighted by atomic mass is 35.5. The number of Topliss-reactive ketones (excluding diaryl/α,β-unsaturated/α-hetero) is 1. The minimum absolute atomic E-state index is 0.00623. The SMILES string of the molecule is CC(=O)c1c(Nc2ccc(C(C)(C)C)cc2)[nH]c2c(Cl)cc(N([O-])O)cc2c1=O. The second kappa shape index (κ2) is 7.51. The highest BCUT2D eigenvalue weighted by Gasteiger charge is 2.19. The van der Waals surface area contributed by atoms with Crippen molar-refractivity contribution < 1.29 is 10.0 Å². The molecule has 0 amide bonds. The lowest BCUT2D eigenvalue weighted by molar-refractivity contribution is 0.101. The fourth-order valence-electron chi connectivity index (χ4n) is 3.07. The Morgan fingerprint density at radius 1 is 1.21 bits per heavy atom. The maximum absolute atomic E-state index is 13.0. The van der Waals surface area contributed by atoms with Crippen LogP contribution in [0.5, 0.6) is 0 Å². The normalized spacial score (nSPS) is 11.6. The summed E-state index contributed by atoms with van der Waals surface area (Å²) in [6, 6.07) is 10.1. The van der Waals surface area contributed by atoms with E-state index in [0.29, 0.717) is 5.69 Å². The summed E-state index contributed by atoms with van der Waals surface area (Å²) >= 11 is 6.20. The van der Waals surface area contributed by atoms with Crippen molar-refractivity contribution in [2.24, 2.45) is 0 Å². The summed E-state index contributed by atoms with van der Waals surface area (Å²) in [6.07, 6.45) is 0. The van der Waals surface area contributed by atoms with Crippen LogP contribution in [0.3, 0.4) is 0 Å². The number of pyridine rings is 1. The molecule has 3 N–H and O–H groups in total. The number of hydrogen-bond acceptors (Lipinski definition) is 6. The van der Waals surface area contributed by atoms with Gasteiger partial charge in [-0.15, -0.1) is 0 Å². The van der Waals surface area contributed by atoms with E-state index in [1.165, 1.54) is 19.1 Å². The molecule has 0 spiro atoms. The van der Waals surface area contributed by atoms with Crippen LogP contribution in [-0.2, 0) is 5.41 Å². The van der Waals surface area contributed by atoms with Gasteiger partial charge in [-0.05, 0) is 42.2 Å². The van der Waals surface area contributed by atoms with Crippen molar-refractivity contribution in [2.75, 3.05) is 10.5 Å². The van der Waals surface area contributed by atoms with Gasteiger partial charge in [0.2, 0.25) is 5.43 Å². The Bertz CT molecular complexity index is 1150. The van der Waals surface area contributed by atoms with E-state index in [2.05, 4.69) is 31.1 Å². The van der Waals surface area contributed by atoms with Gasteiger partial charge in [-0.3, -0.25) is 14.8 Å². The van der Waals surface area contributed by atoms with E-state index in [0.717, 1.165) is 5.56 Å². The monoisotopic (exact) mass is 414 g/mol. The summed E-state index contributed by atoms with van der Waals surface area (Å²) < 4.78 is 0. The lowest BCUT2D eigenvalue weighted by Crippen LogP contribution is -2.18. The van der Waals surface area contributed by atoms with E-state index in [1.54, 1.807) is 0 Å². The lowest BCUT2D eigenvalue weighted by atomic mass is 9.87. The molecule has 2 aromatic carbocycles. The zero-order valence-corrected chi connectivity index (χ0v) is 17.2. The number of fused-ring (bicyclic) bond motifs is 1. The number of rotatable bonds is 4. The number of carbonyl (C=O) groups is 1. The minimum Gasteiger partial charge on any atom is -0.733 e. The van der Waals surface area contributed by atoms with Crippen LogP contribution in [0, 0.1) is 5.21 Å². The molecule has 3 rings (SSSR count). The first-order chi connectivity index (χ1) is 13.5. The summed E-state index contributed by atoms with van der Waals surface area (Å²) in [7, 11) is 0. The van der Waals surface area contributed by atoms with Gasteiger partial charge < -0.3 is 20.7 Å². The second-order valence-electron chi connectivity index (χ2n) is 7.84. The Morgan fingerprint density at radius 2 is 1.83 bits per heavy atom. The Kier molecular flexibility index (Phi) is 5.40. The molecule has 3 aromatic rings. The fourth-order valence-corrected chi connectivity index (χ4v) is 3.33. The quantitative estimate of drug-likeness (QED) is 0.404. The number of hydrogen-bond donors (Lipinski definition) is 3. The number of nitrogens with one attached hydrogen (secondary N) is 2. The third-order valence-corrected chi connectivity index (χ3v) is 4.94. The summed E-state index contributed by atoms with van der Waals surface area (Å²) in [5.74, 6) is -0.248. The van der Waals surface area contributed by atoms with Crippen LogP contribution in [0.15, 0.2) is 41.2 Å². The lowest BCUT2D eigenvalue weighted by Gasteiger charge is -2.22. The molecule has 0 aliphatic carbocycles. The van der Waals surface area contributed by atoms with Crippen LogP contribution >= 0.6 is 11.6 Å². The third kappa shape index (κ3) is 4.12. The summed E-state index contributed by atoms with van der Waals surface area (Å²) in [5.41, 5.74) is 1.18. The van der Waals surface area contributed by atoms with Crippen molar-refractivity contribution in [3.63, 3.8) is 0 Å². The van der Waals surface area contributed by atoms with Crippen LogP contribution in [0.2, 0.25) is 5.02 Å². The molecule has 0 aliphatic heterocycles. The van der Waals surface area contributed by atoms with Crippen LogP contribution in [0.25, 0.3) is 10.9 Å². The summed E-state index contributed by atoms with van der Waals surface area (Å²) in [4.78, 5) is 28.1. The first kappa shape index (κ1) is 20.9. The Hall–Kier alpha value is -2.87. The molecule has 8 heteroatoms. The van der Waals surface area contributed by atoms with Gasteiger partial charge in [0.15, 0.2) is 5.78 Å². The Labute approximate surface area is 172 Å². The molecule has 0 aliphatic rings. The molecule has 0 radical (unpaired) electrons. The molecule has 0 atom stereocenters. The van der Waals surface area contributed by atoms with E-state index in [1.807, 2.05) is 24.3 Å². The van der Waals surface area contributed by atoms with Crippen LogP contribution in [0.4, 0.5) is 17.2 Å². The van der Waals surface area contributed by atoms with Gasteiger partial charge in [0.25, 0.3) is 0 Å². The number of anilines is 3. The van der Waals surface area contributed by atoms with Crippen molar-refractivity contribution >= 4 is 45.5 Å². The van der Waals surface area contributed by atoms with E-state index in [4.69, 9.17) is 16.8 Å². The first-order valence-electron chi connectivity index (χ1n) is 8.93. The van der Waals surface area contributed by atoms with Gasteiger partial charge in [-0.25, -0.2) is 0 Å². The maximum atomic E-state index is 13.0. The number of nitrogens with zero attached hydrogens (tertiary/aromatic N) is 1. The van der Waals surface area contributed by atoms with E-state index in [9.17, 15) is 14.8 Å². The van der Waals surface area contributed by atoms with E-state index < -0.39 is 11.2 Å². The molecule has 7 nitrogen and oxygen atoms in total. The van der Waals surface area contributed by atoms with Gasteiger partial charge >= 0.3 is 0 Å². The predicted octanol–water partition coefficient (Wildman–Crippen LogP) is 5.12. The predicted molar refractivity (Wildman–Crippen MR) is 116 cm³/mol. The molecule has 0 unspecified atom stereocenters. The minimum atomic E-state index is -0.592. The molecule has 0 saturated heterocycles. The average molecular weight is 415 g/mol. The largest absolute Gasteiger partial charge is 0.733 e. The molecule has 1 heterocycles. The molecule has 1 aromatic heterocycles. The fraction of sp³-hybridized carbons (Fsp3) is 0.238. The van der Waals surface area contributed by atoms with Crippen molar-refractivity contribution in [3.8, 4) is 0 Å². The highest BCUT2D eigenvalue weighted by Crippen LogP contribution is 2.30. The molecule has 152 valence electrons. The van der Waals surface area contributed by atoms with Crippen molar-refractivity contribution in [3.05, 3.63) is 68.0 Å². The maximum Gasteiger partial charge on any atom is 0.202 e. The number of aromatic nitrogens is 1. The number of benzene rings is 2. The number of carbonyl (C=O) groups excluding carboxylic acids is 1. The van der Waals surface area contributed by atoms with Gasteiger partial charge in [0.1, 0.15) is 11.4 Å². The average Bonchev–Trinajstić information content (AvgIpc) is 2.61. The molecular formula is C21H21ClN3O4-. The smallest absolute Gasteiger partial charge is 0.202 e. The zero-order valence-electron chi connectivity index (χ0n) is 16.5. The van der Waals surface area contributed by atoms with Gasteiger partial charge in [0.05, 0.1) is 16.2 Å². The summed E-state index contributed by atoms with van der Waals surface area (Å²) in [5, 5.41) is 23.1. The number of halogens is 1. The van der Waals surface area contributed by atoms with Gasteiger partial charge in [-0.1, -0.05) is 44.5 Å². The molecular weight excluding hydrogens is 394 g/mol. The first-order valence-corrected chi connectivity index (χ1v) is 9.31. The molecule has 0 saturated carbocycles. The number of H-pyrrole nitrogens is 1. The van der Waals surface area contributed by atoms with Crippen LogP contribution < -0.4 is 16.0 Å². The van der Waals surface area contributed by atoms with Crippen molar-refractivity contribution in [2.45, 2.75) is 33.1 Å². The van der Waals surface area contributed by atoms with E-state index in [-0.39, 0.29) is 43.6 Å². The zero-order chi connectivity index (χ0) is 21.5. The van der Waals surface area contributed by atoms with Crippen molar-refractivity contribution in [1.82, 2.24) is 4.98 Å². The van der Waals surface area contributed by atoms with E-state index >= 15 is 0 Å². The number of aromatic amines is 1. The number of ketones is 1. The Balaban J connectivity index is 2.16. The highest BCUT2D eigenvalue weighted by molar-refractivity contribution is 6.35. The Morgan fingerprint density at radius 3 is 2.34 bits per heavy atom. The van der Waals surface area contributed by atoms with Crippen LogP contribution in [0.1, 0.15) is 43.6 Å². The van der Waals surface area contributed by atoms with Crippen LogP contribution in [-0.4, -0.2) is 16.0 Å². The second-order valence-corrected chi connectivity index (χ2v) is 8.24. The molecule has 29 heavy (non-hydrogen) atoms.